The van der Waals surface area contributed by atoms with Gasteiger partial charge in [-0.1, -0.05) is 48.3 Å². The van der Waals surface area contributed by atoms with E-state index in [1.165, 1.54) is 23.4 Å². The fourth-order valence-electron chi connectivity index (χ4n) is 3.74. The first-order chi connectivity index (χ1) is 16.5. The third-order valence-electron chi connectivity index (χ3n) is 5.48. The number of nitrogens with zero attached hydrogens (tertiary/aromatic N) is 2. The van der Waals surface area contributed by atoms with Gasteiger partial charge in [-0.25, -0.2) is 8.42 Å². The molecule has 11 heteroatoms. The van der Waals surface area contributed by atoms with Crippen LogP contribution in [0, 0.1) is 0 Å². The topological polar surface area (TPSA) is 96.0 Å². The molecule has 2 amide bonds. The minimum Gasteiger partial charge on any atom is -0.495 e. The Morgan fingerprint density at radius 1 is 1.11 bits per heavy atom. The Morgan fingerprint density at radius 2 is 1.80 bits per heavy atom. The Labute approximate surface area is 217 Å². The zero-order chi connectivity index (χ0) is 26.2. The van der Waals surface area contributed by atoms with Crippen LogP contribution in [0.1, 0.15) is 31.7 Å². The zero-order valence-electron chi connectivity index (χ0n) is 20.3. The van der Waals surface area contributed by atoms with Crippen LogP contribution in [-0.4, -0.2) is 58.1 Å². The maximum Gasteiger partial charge on any atom is 0.242 e. The van der Waals surface area contributed by atoms with Crippen molar-refractivity contribution in [2.24, 2.45) is 0 Å². The molecule has 0 radical (unpaired) electrons. The molecule has 2 aromatic rings. The molecule has 0 aliphatic carbocycles. The van der Waals surface area contributed by atoms with Gasteiger partial charge in [-0.3, -0.25) is 13.9 Å². The number of ether oxygens (including phenoxy) is 1. The molecular formula is C24H31Cl2N3O5S. The molecule has 0 aromatic heterocycles. The number of amides is 2. The summed E-state index contributed by atoms with van der Waals surface area (Å²) in [4.78, 5) is 27.3. The third-order valence-corrected chi connectivity index (χ3v) is 7.39. The van der Waals surface area contributed by atoms with Gasteiger partial charge in [-0.2, -0.15) is 0 Å². The lowest BCUT2D eigenvalue weighted by atomic mass is 10.1. The summed E-state index contributed by atoms with van der Waals surface area (Å²) in [5.74, 6) is -0.149. The number of sulfonamides is 1. The molecular weight excluding hydrogens is 513 g/mol. The summed E-state index contributed by atoms with van der Waals surface area (Å²) in [6, 6.07) is 11.1. The van der Waals surface area contributed by atoms with E-state index in [4.69, 9.17) is 27.9 Å². The van der Waals surface area contributed by atoms with E-state index in [0.717, 1.165) is 11.8 Å². The van der Waals surface area contributed by atoms with Crippen LogP contribution in [0.5, 0.6) is 5.75 Å². The SMILES string of the molecule is CCC(C(=O)NC)N(Cc1ccc(Cl)c(Cl)c1)C(=O)CCCN(c1ccccc1OC)S(C)(=O)=O. The minimum atomic E-state index is -3.63. The summed E-state index contributed by atoms with van der Waals surface area (Å²) >= 11 is 12.1. The highest BCUT2D eigenvalue weighted by Gasteiger charge is 2.28. The lowest BCUT2D eigenvalue weighted by molar-refractivity contribution is -0.141. The standard InChI is InChI=1S/C24H31Cl2N3O5S/c1-5-20(24(31)27-2)28(16-17-12-13-18(25)19(26)15-17)23(30)11-8-14-29(35(4,32)33)21-9-6-7-10-22(21)34-3/h6-7,9-10,12-13,15,20H,5,8,11,14,16H2,1-4H3,(H,27,31). The van der Waals surface area contributed by atoms with Gasteiger partial charge >= 0.3 is 0 Å². The van der Waals surface area contributed by atoms with Crippen molar-refractivity contribution >= 4 is 50.7 Å². The molecule has 1 unspecified atom stereocenters. The molecule has 0 saturated carbocycles. The van der Waals surface area contributed by atoms with E-state index in [9.17, 15) is 18.0 Å². The van der Waals surface area contributed by atoms with Crippen molar-refractivity contribution in [2.45, 2.75) is 38.8 Å². The Kier molecular flexibility index (Phi) is 10.7. The smallest absolute Gasteiger partial charge is 0.242 e. The van der Waals surface area contributed by atoms with Crippen molar-refractivity contribution < 1.29 is 22.7 Å². The van der Waals surface area contributed by atoms with Crippen molar-refractivity contribution in [1.29, 1.82) is 0 Å². The van der Waals surface area contributed by atoms with Gasteiger partial charge in [0.1, 0.15) is 11.8 Å². The number of methoxy groups -OCH3 is 1. The molecule has 1 atom stereocenters. The monoisotopic (exact) mass is 543 g/mol. The highest BCUT2D eigenvalue weighted by Crippen LogP contribution is 2.30. The largest absolute Gasteiger partial charge is 0.495 e. The normalized spacial score (nSPS) is 12.1. The molecule has 0 fully saturated rings. The van der Waals surface area contributed by atoms with Crippen LogP contribution in [0.25, 0.3) is 0 Å². The van der Waals surface area contributed by atoms with Gasteiger partial charge < -0.3 is 15.0 Å². The third kappa shape index (κ3) is 7.75. The maximum atomic E-state index is 13.3. The van der Waals surface area contributed by atoms with Crippen molar-refractivity contribution in [3.8, 4) is 5.75 Å². The van der Waals surface area contributed by atoms with Gasteiger partial charge in [0, 0.05) is 26.6 Å². The molecule has 192 valence electrons. The van der Waals surface area contributed by atoms with E-state index >= 15 is 0 Å². The first kappa shape index (κ1) is 28.7. The van der Waals surface area contributed by atoms with Gasteiger partial charge in [0.25, 0.3) is 0 Å². The van der Waals surface area contributed by atoms with Crippen molar-refractivity contribution in [3.63, 3.8) is 0 Å². The number of rotatable bonds is 12. The van der Waals surface area contributed by atoms with Gasteiger partial charge in [-0.05, 0) is 42.7 Å². The summed E-state index contributed by atoms with van der Waals surface area (Å²) in [7, 11) is -0.644. The lowest BCUT2D eigenvalue weighted by Crippen LogP contribution is -2.48. The number of carbonyl (C=O) groups excluding carboxylic acids is 2. The number of carbonyl (C=O) groups is 2. The Bertz CT molecular complexity index is 1140. The van der Waals surface area contributed by atoms with Crippen LogP contribution in [0.4, 0.5) is 5.69 Å². The Morgan fingerprint density at radius 3 is 2.37 bits per heavy atom. The van der Waals surface area contributed by atoms with Crippen LogP contribution in [0.15, 0.2) is 42.5 Å². The van der Waals surface area contributed by atoms with E-state index in [1.54, 1.807) is 42.5 Å². The number of likely N-dealkylation sites (N-methyl/N-ethyl adjacent to an activating group) is 1. The van der Waals surface area contributed by atoms with Crippen molar-refractivity contribution in [2.75, 3.05) is 31.3 Å². The molecule has 0 aliphatic heterocycles. The molecule has 8 nitrogen and oxygen atoms in total. The van der Waals surface area contributed by atoms with Crippen LogP contribution in [0.2, 0.25) is 10.0 Å². The van der Waals surface area contributed by atoms with E-state index in [1.807, 2.05) is 6.92 Å². The Balaban J connectivity index is 2.24. The number of para-hydroxylation sites is 2. The van der Waals surface area contributed by atoms with E-state index in [2.05, 4.69) is 5.32 Å². The average Bonchev–Trinajstić information content (AvgIpc) is 2.82. The van der Waals surface area contributed by atoms with Gasteiger partial charge in [-0.15, -0.1) is 0 Å². The summed E-state index contributed by atoms with van der Waals surface area (Å²) in [6.45, 7) is 2.05. The van der Waals surface area contributed by atoms with Crippen molar-refractivity contribution in [1.82, 2.24) is 10.2 Å². The summed E-state index contributed by atoms with van der Waals surface area (Å²) in [5.41, 5.74) is 1.12. The van der Waals surface area contributed by atoms with E-state index in [0.29, 0.717) is 27.9 Å². The zero-order valence-corrected chi connectivity index (χ0v) is 22.6. The summed E-state index contributed by atoms with van der Waals surface area (Å²) in [6.07, 6.45) is 1.79. The van der Waals surface area contributed by atoms with Crippen LogP contribution >= 0.6 is 23.2 Å². The first-order valence-corrected chi connectivity index (χ1v) is 13.7. The molecule has 0 aliphatic rings. The molecule has 0 bridgehead atoms. The second kappa shape index (κ2) is 13.0. The van der Waals surface area contributed by atoms with Crippen LogP contribution in [-0.2, 0) is 26.2 Å². The van der Waals surface area contributed by atoms with Crippen molar-refractivity contribution in [3.05, 3.63) is 58.1 Å². The van der Waals surface area contributed by atoms with Gasteiger partial charge in [0.15, 0.2) is 0 Å². The quantitative estimate of drug-likeness (QED) is 0.434. The molecule has 2 aromatic carbocycles. The fourth-order valence-corrected chi connectivity index (χ4v) is 5.03. The second-order valence-corrected chi connectivity index (χ2v) is 10.6. The number of hydrogen-bond donors (Lipinski definition) is 1. The number of benzene rings is 2. The second-order valence-electron chi connectivity index (χ2n) is 7.92. The van der Waals surface area contributed by atoms with Crippen LogP contribution < -0.4 is 14.4 Å². The lowest BCUT2D eigenvalue weighted by Gasteiger charge is -2.31. The van der Waals surface area contributed by atoms with Gasteiger partial charge in [0.05, 0.1) is 29.1 Å². The first-order valence-electron chi connectivity index (χ1n) is 11.1. The summed E-state index contributed by atoms with van der Waals surface area (Å²) < 4.78 is 31.5. The molecule has 0 heterocycles. The molecule has 1 N–H and O–H groups in total. The number of hydrogen-bond acceptors (Lipinski definition) is 5. The highest BCUT2D eigenvalue weighted by atomic mass is 35.5. The van der Waals surface area contributed by atoms with E-state index in [-0.39, 0.29) is 37.7 Å². The fraction of sp³-hybridized carbons (Fsp3) is 0.417. The summed E-state index contributed by atoms with van der Waals surface area (Å²) in [5, 5.41) is 3.35. The van der Waals surface area contributed by atoms with E-state index < -0.39 is 16.1 Å². The van der Waals surface area contributed by atoms with Gasteiger partial charge in [0.2, 0.25) is 21.8 Å². The number of halogens is 2. The minimum absolute atomic E-state index is 0.0377. The molecule has 2 rings (SSSR count). The molecule has 0 saturated heterocycles. The molecule has 0 spiro atoms. The van der Waals surface area contributed by atoms with Crippen LogP contribution in [0.3, 0.4) is 0 Å². The number of nitrogens with one attached hydrogen (secondary N) is 1. The molecule has 35 heavy (non-hydrogen) atoms. The Hall–Kier alpha value is -2.49. The average molecular weight is 545 g/mol. The predicted octanol–water partition coefficient (Wildman–Crippen LogP) is 4.10. The highest BCUT2D eigenvalue weighted by molar-refractivity contribution is 7.92. The number of anilines is 1. The maximum absolute atomic E-state index is 13.3. The predicted molar refractivity (Wildman–Crippen MR) is 140 cm³/mol.